The Bertz CT molecular complexity index is 1440. The Labute approximate surface area is 189 Å². The Hall–Kier alpha value is -4.33. The van der Waals surface area contributed by atoms with Gasteiger partial charge in [0.15, 0.2) is 5.65 Å². The molecule has 0 saturated heterocycles. The van der Waals surface area contributed by atoms with Crippen molar-refractivity contribution in [3.8, 4) is 11.3 Å². The standard InChI is InChI=1S/C25H21N5O3/c1-14(2)30-22-20(13-26-30)18(12-21(28-22)15-7-5-4-6-8-15)23(31)27-16-9-10-17-19(11-16)25(33)29(3)24(17)32/h4-14H,1-3H3,(H,27,31). The van der Waals surface area contributed by atoms with E-state index in [9.17, 15) is 14.4 Å². The summed E-state index contributed by atoms with van der Waals surface area (Å²) < 4.78 is 1.79. The molecule has 3 amide bonds. The van der Waals surface area contributed by atoms with E-state index in [1.165, 1.54) is 13.1 Å². The monoisotopic (exact) mass is 439 g/mol. The molecular weight excluding hydrogens is 418 g/mol. The van der Waals surface area contributed by atoms with Crippen molar-refractivity contribution >= 4 is 34.4 Å². The fraction of sp³-hybridized carbons (Fsp3) is 0.160. The van der Waals surface area contributed by atoms with Crippen LogP contribution in [0.5, 0.6) is 0 Å². The summed E-state index contributed by atoms with van der Waals surface area (Å²) in [6.07, 6.45) is 1.64. The summed E-state index contributed by atoms with van der Waals surface area (Å²) in [5.41, 5.74) is 3.62. The Kier molecular flexibility index (Phi) is 4.78. The number of benzene rings is 2. The van der Waals surface area contributed by atoms with Crippen molar-refractivity contribution in [2.45, 2.75) is 19.9 Å². The molecule has 2 aromatic carbocycles. The second-order valence-corrected chi connectivity index (χ2v) is 8.23. The third-order valence-corrected chi connectivity index (χ3v) is 5.72. The van der Waals surface area contributed by atoms with Crippen LogP contribution in [0.25, 0.3) is 22.3 Å². The van der Waals surface area contributed by atoms with Crippen molar-refractivity contribution in [1.82, 2.24) is 19.7 Å². The number of nitrogens with one attached hydrogen (secondary N) is 1. The molecule has 8 heteroatoms. The zero-order valence-electron chi connectivity index (χ0n) is 18.4. The highest BCUT2D eigenvalue weighted by atomic mass is 16.2. The first kappa shape index (κ1) is 20.6. The van der Waals surface area contributed by atoms with Crippen molar-refractivity contribution in [3.63, 3.8) is 0 Å². The van der Waals surface area contributed by atoms with Gasteiger partial charge in [0.25, 0.3) is 17.7 Å². The van der Waals surface area contributed by atoms with Crippen LogP contribution in [-0.2, 0) is 0 Å². The summed E-state index contributed by atoms with van der Waals surface area (Å²) in [6, 6.07) is 16.1. The van der Waals surface area contributed by atoms with Gasteiger partial charge in [0.1, 0.15) is 0 Å². The van der Waals surface area contributed by atoms with E-state index in [4.69, 9.17) is 4.98 Å². The van der Waals surface area contributed by atoms with Gasteiger partial charge in [0, 0.05) is 24.3 Å². The Balaban J connectivity index is 1.58. The number of aromatic nitrogens is 3. The van der Waals surface area contributed by atoms with Gasteiger partial charge >= 0.3 is 0 Å². The van der Waals surface area contributed by atoms with Crippen molar-refractivity contribution in [3.05, 3.63) is 77.5 Å². The van der Waals surface area contributed by atoms with Crippen molar-refractivity contribution in [2.24, 2.45) is 0 Å². The minimum atomic E-state index is -0.387. The van der Waals surface area contributed by atoms with Gasteiger partial charge in [-0.2, -0.15) is 5.10 Å². The van der Waals surface area contributed by atoms with E-state index in [0.717, 1.165) is 10.5 Å². The number of hydrogen-bond donors (Lipinski definition) is 1. The molecule has 0 unspecified atom stereocenters. The summed E-state index contributed by atoms with van der Waals surface area (Å²) in [6.45, 7) is 4.01. The van der Waals surface area contributed by atoms with Crippen LogP contribution in [0.15, 0.2) is 60.8 Å². The van der Waals surface area contributed by atoms with Gasteiger partial charge in [-0.25, -0.2) is 9.67 Å². The quantitative estimate of drug-likeness (QED) is 0.482. The first-order chi connectivity index (χ1) is 15.8. The number of carbonyl (C=O) groups excluding carboxylic acids is 3. The number of rotatable bonds is 4. The van der Waals surface area contributed by atoms with E-state index in [2.05, 4.69) is 10.4 Å². The predicted molar refractivity (Wildman–Crippen MR) is 124 cm³/mol. The molecule has 1 aliphatic rings. The lowest BCUT2D eigenvalue weighted by atomic mass is 10.1. The molecule has 33 heavy (non-hydrogen) atoms. The van der Waals surface area contributed by atoms with E-state index in [1.54, 1.807) is 29.1 Å². The van der Waals surface area contributed by atoms with Crippen molar-refractivity contribution < 1.29 is 14.4 Å². The minimum Gasteiger partial charge on any atom is -0.322 e. The number of hydrogen-bond acceptors (Lipinski definition) is 5. The number of amides is 3. The highest BCUT2D eigenvalue weighted by Crippen LogP contribution is 2.28. The molecule has 1 aliphatic heterocycles. The fourth-order valence-electron chi connectivity index (χ4n) is 3.98. The zero-order chi connectivity index (χ0) is 23.3. The number of nitrogens with zero attached hydrogens (tertiary/aromatic N) is 4. The van der Waals surface area contributed by atoms with Crippen LogP contribution in [0.4, 0.5) is 5.69 Å². The highest BCUT2D eigenvalue weighted by Gasteiger charge is 2.33. The second-order valence-electron chi connectivity index (χ2n) is 8.23. The lowest BCUT2D eigenvalue weighted by Crippen LogP contribution is -2.24. The molecule has 4 aromatic rings. The first-order valence-electron chi connectivity index (χ1n) is 10.6. The van der Waals surface area contributed by atoms with Crippen molar-refractivity contribution in [2.75, 3.05) is 12.4 Å². The predicted octanol–water partition coefficient (Wildman–Crippen LogP) is 4.16. The van der Waals surface area contributed by atoms with E-state index >= 15 is 0 Å². The lowest BCUT2D eigenvalue weighted by molar-refractivity contribution is 0.0692. The molecule has 8 nitrogen and oxygen atoms in total. The Morgan fingerprint density at radius 2 is 1.70 bits per heavy atom. The number of fused-ring (bicyclic) bond motifs is 2. The van der Waals surface area contributed by atoms with E-state index in [0.29, 0.717) is 33.5 Å². The Morgan fingerprint density at radius 3 is 2.42 bits per heavy atom. The first-order valence-corrected chi connectivity index (χ1v) is 10.6. The summed E-state index contributed by atoms with van der Waals surface area (Å²) in [4.78, 5) is 43.7. The molecule has 0 spiro atoms. The van der Waals surface area contributed by atoms with Gasteiger partial charge in [-0.05, 0) is 38.1 Å². The van der Waals surface area contributed by atoms with Gasteiger partial charge in [0.2, 0.25) is 0 Å². The summed E-state index contributed by atoms with van der Waals surface area (Å²) >= 11 is 0. The molecule has 5 rings (SSSR count). The van der Waals surface area contributed by atoms with E-state index < -0.39 is 0 Å². The van der Waals surface area contributed by atoms with Crippen LogP contribution in [0.2, 0.25) is 0 Å². The average Bonchev–Trinajstić information content (AvgIpc) is 3.34. The largest absolute Gasteiger partial charge is 0.322 e. The average molecular weight is 439 g/mol. The van der Waals surface area contributed by atoms with Crippen LogP contribution in [0, 0.1) is 0 Å². The number of anilines is 1. The molecule has 1 N–H and O–H groups in total. The van der Waals surface area contributed by atoms with E-state index in [1.807, 2.05) is 44.2 Å². The summed E-state index contributed by atoms with van der Waals surface area (Å²) in [7, 11) is 1.44. The van der Waals surface area contributed by atoms with Gasteiger partial charge < -0.3 is 5.32 Å². The molecule has 0 atom stereocenters. The number of carbonyl (C=O) groups is 3. The van der Waals surface area contributed by atoms with Crippen LogP contribution in [0.3, 0.4) is 0 Å². The molecule has 0 radical (unpaired) electrons. The van der Waals surface area contributed by atoms with Crippen LogP contribution in [-0.4, -0.2) is 44.4 Å². The van der Waals surface area contributed by atoms with Crippen LogP contribution in [0.1, 0.15) is 51.0 Å². The molecule has 0 fully saturated rings. The normalized spacial score (nSPS) is 13.2. The van der Waals surface area contributed by atoms with E-state index in [-0.39, 0.29) is 29.3 Å². The number of imide groups is 1. The van der Waals surface area contributed by atoms with Gasteiger partial charge in [-0.1, -0.05) is 30.3 Å². The summed E-state index contributed by atoms with van der Waals surface area (Å²) in [5.74, 6) is -1.09. The third-order valence-electron chi connectivity index (χ3n) is 5.72. The molecular formula is C25H21N5O3. The smallest absolute Gasteiger partial charge is 0.261 e. The molecule has 2 aromatic heterocycles. The summed E-state index contributed by atoms with van der Waals surface area (Å²) in [5, 5.41) is 7.93. The van der Waals surface area contributed by atoms with Gasteiger partial charge in [-0.3, -0.25) is 19.3 Å². The molecule has 0 aliphatic carbocycles. The third kappa shape index (κ3) is 3.36. The van der Waals surface area contributed by atoms with Gasteiger partial charge in [0.05, 0.1) is 34.0 Å². The fourth-order valence-corrected chi connectivity index (χ4v) is 3.98. The van der Waals surface area contributed by atoms with Gasteiger partial charge in [-0.15, -0.1) is 0 Å². The topological polar surface area (TPSA) is 97.2 Å². The number of pyridine rings is 1. The maximum Gasteiger partial charge on any atom is 0.261 e. The lowest BCUT2D eigenvalue weighted by Gasteiger charge is -2.11. The highest BCUT2D eigenvalue weighted by molar-refractivity contribution is 6.22. The molecule has 3 heterocycles. The van der Waals surface area contributed by atoms with Crippen LogP contribution < -0.4 is 5.32 Å². The molecule has 0 bridgehead atoms. The second kappa shape index (κ2) is 7.67. The minimum absolute atomic E-state index is 0.0641. The maximum atomic E-state index is 13.4. The molecule has 0 saturated carbocycles. The van der Waals surface area contributed by atoms with Crippen molar-refractivity contribution in [1.29, 1.82) is 0 Å². The zero-order valence-corrected chi connectivity index (χ0v) is 18.4. The van der Waals surface area contributed by atoms with Crippen LogP contribution >= 0.6 is 0 Å². The maximum absolute atomic E-state index is 13.4. The Morgan fingerprint density at radius 1 is 0.970 bits per heavy atom. The SMILES string of the molecule is CC(C)n1ncc2c(C(=O)Nc3ccc4c(c3)C(=O)N(C)C4=O)cc(-c3ccccc3)nc21. The molecule has 164 valence electrons.